The molecule has 0 saturated carbocycles. The third kappa shape index (κ3) is 6.67. The fourth-order valence-electron chi connectivity index (χ4n) is 10.7. The van der Waals surface area contributed by atoms with Gasteiger partial charge in [0.15, 0.2) is 16.1 Å². The van der Waals surface area contributed by atoms with Crippen LogP contribution in [0.15, 0.2) is 220 Å². The lowest BCUT2D eigenvalue weighted by atomic mass is 9.87. The third-order valence-electron chi connectivity index (χ3n) is 14.1. The second kappa shape index (κ2) is 15.8. The van der Waals surface area contributed by atoms with E-state index in [1.807, 2.05) is 0 Å². The van der Waals surface area contributed by atoms with E-state index in [2.05, 4.69) is 249 Å². The lowest BCUT2D eigenvalue weighted by Crippen LogP contribution is -2.16. The minimum Gasteiger partial charge on any atom is -0.454 e. The zero-order valence-electron chi connectivity index (χ0n) is 39.2. The molecule has 69 heavy (non-hydrogen) atoms. The lowest BCUT2D eigenvalue weighted by molar-refractivity contribution is 0.590. The molecule has 0 fully saturated rings. The van der Waals surface area contributed by atoms with Crippen molar-refractivity contribution in [2.24, 2.45) is 0 Å². The molecule has 0 saturated heterocycles. The van der Waals surface area contributed by atoms with Gasteiger partial charge in [0, 0.05) is 60.0 Å². The van der Waals surface area contributed by atoms with Gasteiger partial charge in [-0.3, -0.25) is 0 Å². The monoisotopic (exact) mass is 909 g/mol. The van der Waals surface area contributed by atoms with Crippen LogP contribution < -0.4 is 9.80 Å². The molecule has 0 radical (unpaired) electrons. The first kappa shape index (κ1) is 41.2. The van der Waals surface area contributed by atoms with E-state index in [1.54, 1.807) is 0 Å². The zero-order chi connectivity index (χ0) is 46.5. The van der Waals surface area contributed by atoms with E-state index in [9.17, 15) is 0 Å². The average Bonchev–Trinajstić information content (AvgIpc) is 3.96. The lowest BCUT2D eigenvalue weighted by Gasteiger charge is -2.32. The molecule has 13 aromatic rings. The predicted molar refractivity (Wildman–Crippen MR) is 296 cm³/mol. The highest BCUT2D eigenvalue weighted by Gasteiger charge is 2.29. The van der Waals surface area contributed by atoms with Crippen molar-refractivity contribution < 1.29 is 8.83 Å². The largest absolute Gasteiger partial charge is 0.454 e. The second-order valence-electron chi connectivity index (χ2n) is 19.5. The summed E-state index contributed by atoms with van der Waals surface area (Å²) < 4.78 is 13.8. The molecule has 2 aromatic heterocycles. The molecule has 13 rings (SSSR count). The van der Waals surface area contributed by atoms with E-state index in [0.717, 1.165) is 88.8 Å². The van der Waals surface area contributed by atoms with Crippen molar-refractivity contribution in [3.8, 4) is 11.1 Å². The minimum atomic E-state index is -0.0231. The molecule has 4 nitrogen and oxygen atoms in total. The Bertz CT molecular complexity index is 4070. The fraction of sp³-hybridized carbons (Fsp3) is 0.0938. The molecule has 0 aliphatic heterocycles. The number of benzene rings is 11. The van der Waals surface area contributed by atoms with Crippen LogP contribution in [0.25, 0.3) is 87.3 Å². The number of para-hydroxylation sites is 4. The predicted octanol–water partition coefficient (Wildman–Crippen LogP) is 18.5. The fourth-order valence-corrected chi connectivity index (χ4v) is 11.3. The summed E-state index contributed by atoms with van der Waals surface area (Å²) in [4.78, 5) is 6.19. The molecule has 332 valence electrons. The van der Waals surface area contributed by atoms with Crippen molar-refractivity contribution in [2.45, 2.75) is 31.1 Å². The van der Waals surface area contributed by atoms with Crippen LogP contribution in [0.4, 0.5) is 34.1 Å². The maximum atomic E-state index is 6.93. The van der Waals surface area contributed by atoms with Crippen LogP contribution in [0, 0.1) is 0 Å². The Morgan fingerprint density at radius 1 is 0.377 bits per heavy atom. The Hall–Kier alpha value is -7.99. The van der Waals surface area contributed by atoms with Gasteiger partial charge in [0.05, 0.1) is 22.7 Å². The summed E-state index contributed by atoms with van der Waals surface area (Å²) in [5.41, 5.74) is 13.2. The number of hydrogen-bond acceptors (Lipinski definition) is 4. The first-order valence-corrected chi connectivity index (χ1v) is 25.7. The van der Waals surface area contributed by atoms with Gasteiger partial charge in [0.25, 0.3) is 0 Å². The minimum absolute atomic E-state index is 0.0231. The molecule has 0 aliphatic carbocycles. The van der Waals surface area contributed by atoms with Crippen LogP contribution in [-0.4, -0.2) is 12.5 Å². The van der Waals surface area contributed by atoms with E-state index in [0.29, 0.717) is 0 Å². The van der Waals surface area contributed by atoms with Crippen molar-refractivity contribution in [1.82, 2.24) is 0 Å². The molecule has 0 amide bonds. The molecule has 2 heterocycles. The molecule has 0 unspecified atom stereocenters. The molecule has 0 spiro atoms. The average molecular weight is 910 g/mol. The highest BCUT2D eigenvalue weighted by molar-refractivity contribution is 7.95. The third-order valence-corrected chi connectivity index (χ3v) is 15.3. The van der Waals surface area contributed by atoms with Gasteiger partial charge in [0.1, 0.15) is 23.7 Å². The first-order chi connectivity index (χ1) is 33.7. The molecule has 0 aliphatic rings. The van der Waals surface area contributed by atoms with Gasteiger partial charge in [-0.2, -0.15) is 0 Å². The summed E-state index contributed by atoms with van der Waals surface area (Å²) in [6, 6.07) is 75.3. The summed E-state index contributed by atoms with van der Waals surface area (Å²) in [5, 5.41) is 11.5. The number of hydrogen-bond donors (Lipinski definition) is 0. The number of rotatable bonds is 8. The van der Waals surface area contributed by atoms with Crippen LogP contribution in [0.5, 0.6) is 0 Å². The van der Waals surface area contributed by atoms with Gasteiger partial charge in [-0.05, 0) is 117 Å². The smallest absolute Gasteiger partial charge is 0.159 e. The van der Waals surface area contributed by atoms with Crippen molar-refractivity contribution in [1.29, 1.82) is 0 Å². The summed E-state index contributed by atoms with van der Waals surface area (Å²) in [7, 11) is 0.0878. The van der Waals surface area contributed by atoms with Gasteiger partial charge in [-0.15, -0.1) is 0 Å². The standard InChI is InChI=1S/C64H49N2O2S/c1-64(2,3)44-27-29-45(30-28-44)65(54-21-13-19-50-48-17-9-11-23-58(48)67-62(50)54)56-39-57(53-36-26-42-38-43(40-15-7-6-8-16-40)37-41-25-35-52(56)61(53)60(41)42)66(46-31-33-47(34-32-46)69(4)5)55-22-14-20-51-49-18-10-12-24-59(49)68-63(51)55/h6-39H,1-5H3/q+1. The molecule has 11 aromatic carbocycles. The molecule has 0 bridgehead atoms. The van der Waals surface area contributed by atoms with E-state index >= 15 is 0 Å². The van der Waals surface area contributed by atoms with Gasteiger partial charge in [-0.1, -0.05) is 148 Å². The molecule has 0 atom stereocenters. The topological polar surface area (TPSA) is 32.8 Å². The normalized spacial score (nSPS) is 12.3. The highest BCUT2D eigenvalue weighted by atomic mass is 32.2. The van der Waals surface area contributed by atoms with Crippen molar-refractivity contribution in [2.75, 3.05) is 22.3 Å². The van der Waals surface area contributed by atoms with Crippen LogP contribution in [-0.2, 0) is 16.3 Å². The van der Waals surface area contributed by atoms with Crippen LogP contribution in [0.2, 0.25) is 0 Å². The Morgan fingerprint density at radius 2 is 0.855 bits per heavy atom. The Labute approximate surface area is 404 Å². The van der Waals surface area contributed by atoms with E-state index in [-0.39, 0.29) is 16.3 Å². The first-order valence-electron chi connectivity index (χ1n) is 23.7. The van der Waals surface area contributed by atoms with E-state index in [4.69, 9.17) is 8.83 Å². The quantitative estimate of drug-likeness (QED) is 0.112. The summed E-state index contributed by atoms with van der Waals surface area (Å²) in [5.74, 6) is 0. The van der Waals surface area contributed by atoms with Crippen molar-refractivity contribution in [3.63, 3.8) is 0 Å². The number of furan rings is 2. The van der Waals surface area contributed by atoms with Gasteiger partial charge in [0.2, 0.25) is 0 Å². The van der Waals surface area contributed by atoms with Gasteiger partial charge in [-0.25, -0.2) is 0 Å². The zero-order valence-corrected chi connectivity index (χ0v) is 40.1. The summed E-state index contributed by atoms with van der Waals surface area (Å²) >= 11 is 0. The molecular weight excluding hydrogens is 861 g/mol. The molecule has 0 N–H and O–H groups in total. The van der Waals surface area contributed by atoms with Crippen molar-refractivity contribution >= 4 is 121 Å². The van der Waals surface area contributed by atoms with E-state index < -0.39 is 0 Å². The summed E-state index contributed by atoms with van der Waals surface area (Å²) in [6.45, 7) is 6.82. The molecular formula is C64H49N2O2S+. The van der Waals surface area contributed by atoms with Gasteiger partial charge >= 0.3 is 0 Å². The Kier molecular flexibility index (Phi) is 9.44. The molecule has 5 heteroatoms. The van der Waals surface area contributed by atoms with Crippen molar-refractivity contribution in [3.05, 3.63) is 212 Å². The van der Waals surface area contributed by atoms with Crippen LogP contribution >= 0.6 is 0 Å². The van der Waals surface area contributed by atoms with Crippen LogP contribution in [0.1, 0.15) is 26.3 Å². The number of anilines is 6. The maximum absolute atomic E-state index is 6.93. The highest BCUT2D eigenvalue weighted by Crippen LogP contribution is 2.53. The Morgan fingerprint density at radius 3 is 1.36 bits per heavy atom. The summed E-state index contributed by atoms with van der Waals surface area (Å²) in [6.07, 6.45) is 4.56. The van der Waals surface area contributed by atoms with E-state index in [1.165, 1.54) is 43.1 Å². The van der Waals surface area contributed by atoms with Crippen LogP contribution in [0.3, 0.4) is 0 Å². The number of nitrogens with zero attached hydrogens (tertiary/aromatic N) is 2. The Balaban J connectivity index is 1.18. The second-order valence-corrected chi connectivity index (χ2v) is 21.6. The van der Waals surface area contributed by atoms with Gasteiger partial charge < -0.3 is 18.6 Å². The SMILES string of the molecule is C[S+](C)c1ccc(N(c2cc(N(c3ccc(C(C)(C)C)cc3)c3cccc4c3oc3ccccc34)c3ccc4cc(-c5ccccc5)cc5ccc2c3c54)c2cccc3c2oc2ccccc23)cc1. The maximum Gasteiger partial charge on any atom is 0.159 e. The number of fused-ring (bicyclic) bond motifs is 6.